The molecule has 7 nitrogen and oxygen atoms in total. The number of ether oxygens (including phenoxy) is 2. The van der Waals surface area contributed by atoms with E-state index in [1.165, 1.54) is 32.4 Å². The topological polar surface area (TPSA) is 98.8 Å². The molecule has 1 aliphatic rings. The summed E-state index contributed by atoms with van der Waals surface area (Å²) in [4.78, 5) is 23.5. The number of esters is 2. The summed E-state index contributed by atoms with van der Waals surface area (Å²) < 4.78 is 37.7. The second-order valence-electron chi connectivity index (χ2n) is 6.72. The van der Waals surface area contributed by atoms with Crippen molar-refractivity contribution in [3.05, 3.63) is 29.3 Å². The molecule has 1 aliphatic carbocycles. The van der Waals surface area contributed by atoms with Crippen molar-refractivity contribution in [2.75, 3.05) is 14.2 Å². The average molecular weight is 383 g/mol. The second kappa shape index (κ2) is 8.18. The number of nitrogens with one attached hydrogen (secondary N) is 1. The lowest BCUT2D eigenvalue weighted by Crippen LogP contribution is -2.43. The molecule has 26 heavy (non-hydrogen) atoms. The first-order valence-corrected chi connectivity index (χ1v) is 10.0. The molecule has 0 saturated heterocycles. The Labute approximate surface area is 154 Å². The first-order valence-electron chi connectivity index (χ1n) is 8.53. The van der Waals surface area contributed by atoms with Gasteiger partial charge in [-0.3, -0.25) is 0 Å². The van der Waals surface area contributed by atoms with Gasteiger partial charge in [0.2, 0.25) is 10.0 Å². The highest BCUT2D eigenvalue weighted by molar-refractivity contribution is 7.89. The number of methoxy groups -OCH3 is 2. The van der Waals surface area contributed by atoms with Crippen LogP contribution in [0, 0.1) is 11.8 Å². The third-order valence-corrected chi connectivity index (χ3v) is 6.54. The summed E-state index contributed by atoms with van der Waals surface area (Å²) in [5.74, 6) is -0.843. The molecule has 8 heteroatoms. The zero-order valence-corrected chi connectivity index (χ0v) is 16.3. The molecule has 2 rings (SSSR count). The van der Waals surface area contributed by atoms with Crippen molar-refractivity contribution in [2.45, 2.75) is 44.0 Å². The Bertz CT molecular complexity index is 755. The summed E-state index contributed by atoms with van der Waals surface area (Å²) in [5, 5.41) is 0. The van der Waals surface area contributed by atoms with Gasteiger partial charge in [-0.15, -0.1) is 0 Å². The monoisotopic (exact) mass is 383 g/mol. The Morgan fingerprint density at radius 3 is 2.04 bits per heavy atom. The van der Waals surface area contributed by atoms with Crippen LogP contribution in [0.25, 0.3) is 0 Å². The van der Waals surface area contributed by atoms with Crippen LogP contribution in [-0.2, 0) is 19.5 Å². The van der Waals surface area contributed by atoms with Crippen molar-refractivity contribution in [3.63, 3.8) is 0 Å². The molecule has 0 aromatic heterocycles. The van der Waals surface area contributed by atoms with Crippen molar-refractivity contribution in [1.29, 1.82) is 0 Å². The van der Waals surface area contributed by atoms with Crippen LogP contribution in [0.5, 0.6) is 0 Å². The summed E-state index contributed by atoms with van der Waals surface area (Å²) in [7, 11) is -1.54. The van der Waals surface area contributed by atoms with Gasteiger partial charge in [0.05, 0.1) is 30.2 Å². The van der Waals surface area contributed by atoms with Gasteiger partial charge in [0.1, 0.15) is 0 Å². The van der Waals surface area contributed by atoms with Crippen molar-refractivity contribution in [2.24, 2.45) is 11.8 Å². The van der Waals surface area contributed by atoms with Gasteiger partial charge in [-0.25, -0.2) is 22.7 Å². The molecule has 0 aliphatic heterocycles. The predicted molar refractivity (Wildman–Crippen MR) is 95.4 cm³/mol. The largest absolute Gasteiger partial charge is 0.465 e. The van der Waals surface area contributed by atoms with E-state index in [4.69, 9.17) is 0 Å². The Morgan fingerprint density at radius 2 is 1.54 bits per heavy atom. The van der Waals surface area contributed by atoms with Crippen molar-refractivity contribution >= 4 is 22.0 Å². The lowest BCUT2D eigenvalue weighted by Gasteiger charge is -2.34. The lowest BCUT2D eigenvalue weighted by atomic mass is 9.78. The lowest BCUT2D eigenvalue weighted by molar-refractivity contribution is 0.0598. The number of benzene rings is 1. The maximum absolute atomic E-state index is 12.9. The Morgan fingerprint density at radius 1 is 1.00 bits per heavy atom. The minimum atomic E-state index is -3.91. The van der Waals surface area contributed by atoms with Crippen molar-refractivity contribution < 1.29 is 27.5 Å². The van der Waals surface area contributed by atoms with E-state index < -0.39 is 22.0 Å². The molecule has 0 radical (unpaired) electrons. The first kappa shape index (κ1) is 20.4. The molecular weight excluding hydrogens is 358 g/mol. The smallest absolute Gasteiger partial charge is 0.337 e. The van der Waals surface area contributed by atoms with E-state index in [2.05, 4.69) is 21.1 Å². The molecule has 0 amide bonds. The molecular formula is C18H25NO6S. The first-order chi connectivity index (χ1) is 12.2. The number of hydrogen-bond donors (Lipinski definition) is 1. The fourth-order valence-electron chi connectivity index (χ4n) is 3.24. The predicted octanol–water partition coefficient (Wildman–Crippen LogP) is 2.36. The molecule has 0 bridgehead atoms. The molecule has 1 saturated carbocycles. The number of rotatable bonds is 5. The highest BCUT2D eigenvalue weighted by atomic mass is 32.2. The maximum atomic E-state index is 12.9. The van der Waals surface area contributed by atoms with Gasteiger partial charge in [-0.2, -0.15) is 0 Å². The summed E-state index contributed by atoms with van der Waals surface area (Å²) in [6.07, 6.45) is 2.78. The van der Waals surface area contributed by atoms with Crippen LogP contribution in [0.4, 0.5) is 0 Å². The van der Waals surface area contributed by atoms with Gasteiger partial charge >= 0.3 is 11.9 Å². The van der Waals surface area contributed by atoms with E-state index in [9.17, 15) is 18.0 Å². The average Bonchev–Trinajstić information content (AvgIpc) is 2.63. The van der Waals surface area contributed by atoms with Crippen molar-refractivity contribution in [3.8, 4) is 0 Å². The Hall–Kier alpha value is -1.93. The van der Waals surface area contributed by atoms with Gasteiger partial charge in [-0.05, 0) is 36.5 Å². The zero-order chi connectivity index (χ0) is 19.5. The molecule has 3 atom stereocenters. The third-order valence-electron chi connectivity index (χ3n) is 5.07. The number of sulfonamides is 1. The van der Waals surface area contributed by atoms with Crippen LogP contribution in [0.1, 0.15) is 53.8 Å². The quantitative estimate of drug-likeness (QED) is 0.784. The summed E-state index contributed by atoms with van der Waals surface area (Å²) in [5.41, 5.74) is -0.0540. The fraction of sp³-hybridized carbons (Fsp3) is 0.556. The maximum Gasteiger partial charge on any atom is 0.337 e. The molecule has 1 aromatic rings. The SMILES string of the molecule is COC(=O)c1cc(C(=O)OC)cc(S(=O)(=O)N[C@@H]2CCC[C@@H](C)[C@H]2C)c1. The summed E-state index contributed by atoms with van der Waals surface area (Å²) in [6, 6.07) is 3.48. The summed E-state index contributed by atoms with van der Waals surface area (Å²) in [6.45, 7) is 4.14. The van der Waals surface area contributed by atoms with Crippen molar-refractivity contribution in [1.82, 2.24) is 4.72 Å². The fourth-order valence-corrected chi connectivity index (χ4v) is 4.67. The highest BCUT2D eigenvalue weighted by Gasteiger charge is 2.31. The van der Waals surface area contributed by atoms with Gasteiger partial charge in [0, 0.05) is 6.04 Å². The normalized spacial score (nSPS) is 23.3. The minimum Gasteiger partial charge on any atom is -0.465 e. The van der Waals surface area contributed by atoms with Gasteiger partial charge < -0.3 is 9.47 Å². The van der Waals surface area contributed by atoms with Crippen LogP contribution in [0.15, 0.2) is 23.1 Å². The standard InChI is InChI=1S/C18H25NO6S/c1-11-6-5-7-16(12(11)2)19-26(22,23)15-9-13(17(20)24-3)8-14(10-15)18(21)25-4/h8-12,16,19H,5-7H2,1-4H3/t11-,12-,16-/m1/s1. The van der Waals surface area contributed by atoms with E-state index in [0.717, 1.165) is 19.3 Å². The second-order valence-corrected chi connectivity index (χ2v) is 8.44. The number of carbonyl (C=O) groups is 2. The zero-order valence-electron chi connectivity index (χ0n) is 15.4. The third kappa shape index (κ3) is 4.42. The molecule has 0 unspecified atom stereocenters. The van der Waals surface area contributed by atoms with Gasteiger partial charge in [-0.1, -0.05) is 26.7 Å². The number of carbonyl (C=O) groups excluding carboxylic acids is 2. The molecule has 144 valence electrons. The minimum absolute atomic E-state index is 0.0270. The van der Waals surface area contributed by atoms with Gasteiger partial charge in [0.25, 0.3) is 0 Å². The summed E-state index contributed by atoms with van der Waals surface area (Å²) >= 11 is 0. The van der Waals surface area contributed by atoms with Crippen LogP contribution < -0.4 is 4.72 Å². The molecule has 1 aromatic carbocycles. The van der Waals surface area contributed by atoms with Crippen LogP contribution >= 0.6 is 0 Å². The number of hydrogen-bond acceptors (Lipinski definition) is 6. The van der Waals surface area contributed by atoms with E-state index in [1.54, 1.807) is 0 Å². The molecule has 1 N–H and O–H groups in total. The van der Waals surface area contributed by atoms with E-state index in [0.29, 0.717) is 5.92 Å². The van der Waals surface area contributed by atoms with Gasteiger partial charge in [0.15, 0.2) is 0 Å². The molecule has 1 fully saturated rings. The Kier molecular flexibility index (Phi) is 6.41. The van der Waals surface area contributed by atoms with E-state index >= 15 is 0 Å². The van der Waals surface area contributed by atoms with Crippen LogP contribution in [0.2, 0.25) is 0 Å². The van der Waals surface area contributed by atoms with Crippen LogP contribution in [-0.4, -0.2) is 40.6 Å². The van der Waals surface area contributed by atoms with E-state index in [-0.39, 0.29) is 28.0 Å². The van der Waals surface area contributed by atoms with E-state index in [1.807, 2.05) is 6.92 Å². The highest BCUT2D eigenvalue weighted by Crippen LogP contribution is 2.30. The molecule has 0 spiro atoms. The Balaban J connectivity index is 2.41. The molecule has 0 heterocycles. The van der Waals surface area contributed by atoms with Crippen LogP contribution in [0.3, 0.4) is 0 Å².